The minimum absolute atomic E-state index is 0.0854. The molecule has 1 amide bonds. The van der Waals surface area contributed by atoms with Gasteiger partial charge in [-0.25, -0.2) is 5.01 Å². The van der Waals surface area contributed by atoms with Gasteiger partial charge in [-0.2, -0.15) is 13.5 Å². The number of fused-ring (bicyclic) bond motifs is 2. The number of rotatable bonds is 2. The topological polar surface area (TPSA) is 91.2 Å². The zero-order chi connectivity index (χ0) is 19.4. The van der Waals surface area contributed by atoms with E-state index >= 15 is 0 Å². The van der Waals surface area contributed by atoms with Gasteiger partial charge in [-0.05, 0) is 49.2 Å². The van der Waals surface area contributed by atoms with E-state index in [1.54, 1.807) is 43.6 Å². The summed E-state index contributed by atoms with van der Waals surface area (Å²) in [5, 5.41) is 8.71. The second kappa shape index (κ2) is 5.75. The Labute approximate surface area is 157 Å². The summed E-state index contributed by atoms with van der Waals surface area (Å²) < 4.78 is 28.2. The molecule has 0 spiro atoms. The largest absolute Gasteiger partial charge is 0.343 e. The second-order valence-corrected chi connectivity index (χ2v) is 8.61. The van der Waals surface area contributed by atoms with E-state index in [1.807, 2.05) is 19.9 Å². The molecule has 0 radical (unpaired) electrons. The van der Waals surface area contributed by atoms with Crippen molar-refractivity contribution in [3.63, 3.8) is 0 Å². The van der Waals surface area contributed by atoms with E-state index in [4.69, 9.17) is 0 Å². The number of hydrazone groups is 1. The van der Waals surface area contributed by atoms with E-state index in [1.165, 1.54) is 11.1 Å². The first-order valence-corrected chi connectivity index (χ1v) is 9.82. The number of nitrogens with one attached hydrogen (secondary N) is 1. The van der Waals surface area contributed by atoms with Gasteiger partial charge in [-0.15, -0.1) is 4.40 Å². The minimum Gasteiger partial charge on any atom is -0.343 e. The molecule has 2 heterocycles. The number of amides is 1. The van der Waals surface area contributed by atoms with E-state index in [0.717, 1.165) is 11.1 Å². The molecule has 138 valence electrons. The van der Waals surface area contributed by atoms with Crippen LogP contribution in [0.15, 0.2) is 56.9 Å². The van der Waals surface area contributed by atoms with Crippen LogP contribution in [-0.4, -0.2) is 38.4 Å². The van der Waals surface area contributed by atoms with Crippen LogP contribution in [0, 0.1) is 0 Å². The maximum absolute atomic E-state index is 12.2. The molecular weight excluding hydrogens is 364 g/mol. The van der Waals surface area contributed by atoms with Gasteiger partial charge in [0.1, 0.15) is 4.90 Å². The Balaban J connectivity index is 1.65. The van der Waals surface area contributed by atoms with Crippen LogP contribution in [0.4, 0.5) is 0 Å². The molecule has 0 saturated heterocycles. The summed E-state index contributed by atoms with van der Waals surface area (Å²) in [6.45, 7) is 3.89. The maximum atomic E-state index is 12.2. The van der Waals surface area contributed by atoms with Gasteiger partial charge < -0.3 is 5.32 Å². The van der Waals surface area contributed by atoms with Gasteiger partial charge in [0, 0.05) is 18.2 Å². The van der Waals surface area contributed by atoms with Crippen molar-refractivity contribution in [2.24, 2.45) is 9.50 Å². The Morgan fingerprint density at radius 1 is 1.15 bits per heavy atom. The van der Waals surface area contributed by atoms with Crippen molar-refractivity contribution in [1.82, 2.24) is 10.3 Å². The Morgan fingerprint density at radius 2 is 1.89 bits per heavy atom. The SMILES string of the molecule is CN(/N=C/c1ccc2c(c1)C(C)(C)NC2=O)C1=NS(=O)(=O)c2ccccc21. The Hall–Kier alpha value is -3.00. The van der Waals surface area contributed by atoms with Gasteiger partial charge in [0.2, 0.25) is 0 Å². The molecule has 27 heavy (non-hydrogen) atoms. The van der Waals surface area contributed by atoms with Gasteiger partial charge in [-0.1, -0.05) is 18.2 Å². The van der Waals surface area contributed by atoms with E-state index in [0.29, 0.717) is 11.1 Å². The number of hydrogen-bond donors (Lipinski definition) is 1. The van der Waals surface area contributed by atoms with E-state index in [2.05, 4.69) is 14.8 Å². The molecule has 0 unspecified atom stereocenters. The monoisotopic (exact) mass is 382 g/mol. The van der Waals surface area contributed by atoms with Crippen LogP contribution in [0.5, 0.6) is 0 Å². The van der Waals surface area contributed by atoms with Crippen LogP contribution >= 0.6 is 0 Å². The molecule has 2 aliphatic rings. The summed E-state index contributed by atoms with van der Waals surface area (Å²) in [5.74, 6) is 0.193. The van der Waals surface area contributed by atoms with E-state index < -0.39 is 15.6 Å². The zero-order valence-corrected chi connectivity index (χ0v) is 15.9. The third kappa shape index (κ3) is 2.82. The molecule has 1 N–H and O–H groups in total. The molecule has 7 nitrogen and oxygen atoms in total. The highest BCUT2D eigenvalue weighted by Crippen LogP contribution is 2.31. The van der Waals surface area contributed by atoms with Crippen LogP contribution in [0.2, 0.25) is 0 Å². The summed E-state index contributed by atoms with van der Waals surface area (Å²) in [5.41, 5.74) is 2.46. The fraction of sp³-hybridized carbons (Fsp3) is 0.211. The van der Waals surface area contributed by atoms with Crippen LogP contribution < -0.4 is 5.32 Å². The molecular formula is C19H18N4O3S. The number of hydrogen-bond acceptors (Lipinski definition) is 5. The van der Waals surface area contributed by atoms with Gasteiger partial charge in [0.25, 0.3) is 15.9 Å². The first-order valence-electron chi connectivity index (χ1n) is 8.38. The highest BCUT2D eigenvalue weighted by atomic mass is 32.2. The first kappa shape index (κ1) is 17.4. The molecule has 0 aromatic heterocycles. The van der Waals surface area contributed by atoms with Crippen LogP contribution in [-0.2, 0) is 15.6 Å². The van der Waals surface area contributed by atoms with Crippen LogP contribution in [0.25, 0.3) is 0 Å². The van der Waals surface area contributed by atoms with Crippen molar-refractivity contribution in [2.45, 2.75) is 24.3 Å². The number of sulfonamides is 1. The molecule has 2 aliphatic heterocycles. The fourth-order valence-corrected chi connectivity index (χ4v) is 4.54. The Kier molecular flexibility index (Phi) is 3.71. The summed E-state index contributed by atoms with van der Waals surface area (Å²) in [6, 6.07) is 12.2. The lowest BCUT2D eigenvalue weighted by molar-refractivity contribution is 0.0940. The third-order valence-corrected chi connectivity index (χ3v) is 6.01. The van der Waals surface area contributed by atoms with E-state index in [9.17, 15) is 13.2 Å². The predicted molar refractivity (Wildman–Crippen MR) is 102 cm³/mol. The number of nitrogens with zero attached hydrogens (tertiary/aromatic N) is 3. The highest BCUT2D eigenvalue weighted by Gasteiger charge is 2.35. The first-order chi connectivity index (χ1) is 12.7. The van der Waals surface area contributed by atoms with Crippen LogP contribution in [0.3, 0.4) is 0 Å². The van der Waals surface area contributed by atoms with Crippen molar-refractivity contribution in [3.8, 4) is 0 Å². The van der Waals surface area contributed by atoms with Crippen LogP contribution in [0.1, 0.15) is 40.9 Å². The lowest BCUT2D eigenvalue weighted by atomic mass is 9.93. The minimum atomic E-state index is -3.69. The van der Waals surface area contributed by atoms with Crippen molar-refractivity contribution < 1.29 is 13.2 Å². The molecule has 0 fully saturated rings. The fourth-order valence-electron chi connectivity index (χ4n) is 3.31. The average Bonchev–Trinajstić information content (AvgIpc) is 3.03. The number of carbonyl (C=O) groups is 1. The molecule has 2 aromatic carbocycles. The smallest absolute Gasteiger partial charge is 0.285 e. The second-order valence-electron chi connectivity index (χ2n) is 7.04. The Bertz CT molecular complexity index is 1130. The summed E-state index contributed by atoms with van der Waals surface area (Å²) in [4.78, 5) is 12.2. The molecule has 8 heteroatoms. The van der Waals surface area contributed by atoms with Crippen molar-refractivity contribution in [1.29, 1.82) is 0 Å². The summed E-state index contributed by atoms with van der Waals surface area (Å²) >= 11 is 0. The quantitative estimate of drug-likeness (QED) is 0.636. The average molecular weight is 382 g/mol. The molecule has 2 aromatic rings. The van der Waals surface area contributed by atoms with Crippen molar-refractivity contribution in [2.75, 3.05) is 7.05 Å². The van der Waals surface area contributed by atoms with Gasteiger partial charge in [0.05, 0.1) is 11.8 Å². The molecule has 0 atom stereocenters. The summed E-state index contributed by atoms with van der Waals surface area (Å²) in [7, 11) is -2.04. The zero-order valence-electron chi connectivity index (χ0n) is 15.1. The lowest BCUT2D eigenvalue weighted by Gasteiger charge is -2.19. The molecule has 0 aliphatic carbocycles. The van der Waals surface area contributed by atoms with Crippen molar-refractivity contribution >= 4 is 28.0 Å². The van der Waals surface area contributed by atoms with Crippen molar-refractivity contribution in [3.05, 3.63) is 64.7 Å². The van der Waals surface area contributed by atoms with Gasteiger partial charge in [-0.3, -0.25) is 4.79 Å². The van der Waals surface area contributed by atoms with Gasteiger partial charge >= 0.3 is 0 Å². The number of benzene rings is 2. The summed E-state index contributed by atoms with van der Waals surface area (Å²) in [6.07, 6.45) is 1.62. The van der Waals surface area contributed by atoms with E-state index in [-0.39, 0.29) is 16.6 Å². The predicted octanol–water partition coefficient (Wildman–Crippen LogP) is 2.08. The van der Waals surface area contributed by atoms with Gasteiger partial charge in [0.15, 0.2) is 5.84 Å². The Morgan fingerprint density at radius 3 is 2.67 bits per heavy atom. The maximum Gasteiger partial charge on any atom is 0.285 e. The number of carbonyl (C=O) groups excluding carboxylic acids is 1. The lowest BCUT2D eigenvalue weighted by Crippen LogP contribution is -2.32. The molecule has 0 saturated carbocycles. The molecule has 4 rings (SSSR count). The number of amidine groups is 1. The third-order valence-electron chi connectivity index (χ3n) is 4.69. The normalized spacial score (nSPS) is 18.8. The molecule has 0 bridgehead atoms. The highest BCUT2D eigenvalue weighted by molar-refractivity contribution is 7.90. The standard InChI is InChI=1S/C19H18N4O3S/c1-19(2)15-10-12(8-9-13(15)18(24)21-19)11-20-23(3)17-14-6-4-5-7-16(14)27(25,26)22-17/h4-11H,1-3H3,(H,21,24)/b20-11+.